The summed E-state index contributed by atoms with van der Waals surface area (Å²) in [6.45, 7) is 6.31. The maximum atomic E-state index is 11.0. The molecule has 0 aliphatic carbocycles. The number of rotatable bonds is 8. The summed E-state index contributed by atoms with van der Waals surface area (Å²) in [6, 6.07) is -0.529. The molecular formula is C11H24N2O3. The minimum Gasteiger partial charge on any atom is -0.468 e. The SMILES string of the molecule is COC(=O)C(N)CCN(C)CCOC(C)C. The van der Waals surface area contributed by atoms with Crippen molar-refractivity contribution in [3.8, 4) is 0 Å². The van der Waals surface area contributed by atoms with E-state index in [0.29, 0.717) is 13.0 Å². The molecule has 0 radical (unpaired) electrons. The van der Waals surface area contributed by atoms with Gasteiger partial charge in [-0.2, -0.15) is 0 Å². The van der Waals surface area contributed by atoms with E-state index in [9.17, 15) is 4.79 Å². The molecule has 0 spiro atoms. The van der Waals surface area contributed by atoms with Crippen molar-refractivity contribution in [3.63, 3.8) is 0 Å². The predicted octanol–water partition coefficient (Wildman–Crippen LogP) is 0.234. The second kappa shape index (κ2) is 8.50. The summed E-state index contributed by atoms with van der Waals surface area (Å²) in [7, 11) is 3.33. The molecule has 0 aromatic carbocycles. The van der Waals surface area contributed by atoms with E-state index in [-0.39, 0.29) is 12.1 Å². The number of carbonyl (C=O) groups excluding carboxylic acids is 1. The van der Waals surface area contributed by atoms with Crippen LogP contribution in [0.15, 0.2) is 0 Å². The fraction of sp³-hybridized carbons (Fsp3) is 0.909. The standard InChI is InChI=1S/C11H24N2O3/c1-9(2)16-8-7-13(3)6-5-10(12)11(14)15-4/h9-10H,5-8,12H2,1-4H3. The van der Waals surface area contributed by atoms with Crippen molar-refractivity contribution in [2.45, 2.75) is 32.4 Å². The van der Waals surface area contributed by atoms with Gasteiger partial charge < -0.3 is 20.1 Å². The summed E-state index contributed by atoms with van der Waals surface area (Å²) >= 11 is 0. The number of hydrogen-bond acceptors (Lipinski definition) is 5. The first-order valence-electron chi connectivity index (χ1n) is 5.61. The second-order valence-corrected chi connectivity index (χ2v) is 4.14. The molecule has 0 saturated heterocycles. The smallest absolute Gasteiger partial charge is 0.322 e. The van der Waals surface area contributed by atoms with Gasteiger partial charge in [0.2, 0.25) is 0 Å². The van der Waals surface area contributed by atoms with Crippen LogP contribution in [0.4, 0.5) is 0 Å². The van der Waals surface area contributed by atoms with E-state index in [1.807, 2.05) is 20.9 Å². The van der Waals surface area contributed by atoms with E-state index in [1.165, 1.54) is 7.11 Å². The van der Waals surface area contributed by atoms with Gasteiger partial charge in [-0.05, 0) is 33.9 Å². The van der Waals surface area contributed by atoms with Crippen LogP contribution in [0.3, 0.4) is 0 Å². The van der Waals surface area contributed by atoms with Crippen molar-refractivity contribution in [2.75, 3.05) is 33.9 Å². The highest BCUT2D eigenvalue weighted by Crippen LogP contribution is 1.95. The third-order valence-electron chi connectivity index (χ3n) is 2.25. The van der Waals surface area contributed by atoms with Crippen molar-refractivity contribution in [1.82, 2.24) is 4.90 Å². The van der Waals surface area contributed by atoms with Gasteiger partial charge in [0, 0.05) is 6.54 Å². The van der Waals surface area contributed by atoms with Gasteiger partial charge in [0.25, 0.3) is 0 Å². The van der Waals surface area contributed by atoms with Gasteiger partial charge in [-0.25, -0.2) is 0 Å². The van der Waals surface area contributed by atoms with Crippen molar-refractivity contribution >= 4 is 5.97 Å². The average molecular weight is 232 g/mol. The van der Waals surface area contributed by atoms with Gasteiger partial charge in [0.1, 0.15) is 6.04 Å². The van der Waals surface area contributed by atoms with Crippen molar-refractivity contribution in [2.24, 2.45) is 5.73 Å². The molecule has 0 fully saturated rings. The van der Waals surface area contributed by atoms with Gasteiger partial charge in [-0.15, -0.1) is 0 Å². The number of nitrogens with zero attached hydrogens (tertiary/aromatic N) is 1. The van der Waals surface area contributed by atoms with E-state index >= 15 is 0 Å². The highest BCUT2D eigenvalue weighted by atomic mass is 16.5. The topological polar surface area (TPSA) is 64.8 Å². The summed E-state index contributed by atoms with van der Waals surface area (Å²) in [6.07, 6.45) is 0.857. The predicted molar refractivity (Wildman–Crippen MR) is 63.2 cm³/mol. The lowest BCUT2D eigenvalue weighted by Crippen LogP contribution is -2.36. The van der Waals surface area contributed by atoms with Gasteiger partial charge in [-0.1, -0.05) is 0 Å². The van der Waals surface area contributed by atoms with Crippen LogP contribution >= 0.6 is 0 Å². The molecule has 96 valence electrons. The Labute approximate surface area is 97.9 Å². The van der Waals surface area contributed by atoms with Crippen LogP contribution in [0, 0.1) is 0 Å². The maximum absolute atomic E-state index is 11.0. The summed E-state index contributed by atoms with van der Waals surface area (Å²) < 4.78 is 9.97. The zero-order chi connectivity index (χ0) is 12.6. The van der Waals surface area contributed by atoms with E-state index in [2.05, 4.69) is 9.64 Å². The molecule has 5 nitrogen and oxygen atoms in total. The molecular weight excluding hydrogens is 208 g/mol. The Hall–Kier alpha value is -0.650. The first-order valence-corrected chi connectivity index (χ1v) is 5.61. The quantitative estimate of drug-likeness (QED) is 0.607. The second-order valence-electron chi connectivity index (χ2n) is 4.14. The van der Waals surface area contributed by atoms with E-state index in [4.69, 9.17) is 10.5 Å². The third kappa shape index (κ3) is 7.62. The molecule has 0 aromatic heterocycles. The van der Waals surface area contributed by atoms with Gasteiger partial charge in [0.15, 0.2) is 0 Å². The number of nitrogens with two attached hydrogens (primary N) is 1. The molecule has 0 aliphatic rings. The highest BCUT2D eigenvalue weighted by Gasteiger charge is 2.13. The van der Waals surface area contributed by atoms with Crippen molar-refractivity contribution in [1.29, 1.82) is 0 Å². The molecule has 1 unspecified atom stereocenters. The normalized spacial score (nSPS) is 13.2. The number of ether oxygens (including phenoxy) is 2. The van der Waals surface area contributed by atoms with Crippen molar-refractivity contribution in [3.05, 3.63) is 0 Å². The summed E-state index contributed by atoms with van der Waals surface area (Å²) in [4.78, 5) is 13.1. The van der Waals surface area contributed by atoms with Gasteiger partial charge in [0.05, 0.1) is 19.8 Å². The number of hydrogen-bond donors (Lipinski definition) is 1. The van der Waals surface area contributed by atoms with Gasteiger partial charge >= 0.3 is 5.97 Å². The molecule has 0 amide bonds. The molecule has 16 heavy (non-hydrogen) atoms. The molecule has 0 heterocycles. The molecule has 5 heteroatoms. The zero-order valence-corrected chi connectivity index (χ0v) is 10.7. The fourth-order valence-electron chi connectivity index (χ4n) is 1.18. The minimum absolute atomic E-state index is 0.255. The Morgan fingerprint density at radius 3 is 2.50 bits per heavy atom. The number of esters is 1. The van der Waals surface area contributed by atoms with Crippen LogP contribution in [0.1, 0.15) is 20.3 Å². The lowest BCUT2D eigenvalue weighted by atomic mass is 10.2. The lowest BCUT2D eigenvalue weighted by Gasteiger charge is -2.19. The third-order valence-corrected chi connectivity index (χ3v) is 2.25. The Balaban J connectivity index is 3.56. The number of carbonyl (C=O) groups is 1. The van der Waals surface area contributed by atoms with Crippen LogP contribution < -0.4 is 5.73 Å². The zero-order valence-electron chi connectivity index (χ0n) is 10.7. The lowest BCUT2D eigenvalue weighted by molar-refractivity contribution is -0.142. The average Bonchev–Trinajstić information content (AvgIpc) is 2.24. The van der Waals surface area contributed by atoms with Gasteiger partial charge in [-0.3, -0.25) is 4.79 Å². The van der Waals surface area contributed by atoms with E-state index in [0.717, 1.165) is 13.1 Å². The van der Waals surface area contributed by atoms with Crippen LogP contribution in [0.5, 0.6) is 0 Å². The largest absolute Gasteiger partial charge is 0.468 e. The number of likely N-dealkylation sites (N-methyl/N-ethyl adjacent to an activating group) is 1. The van der Waals surface area contributed by atoms with Crippen LogP contribution in [-0.2, 0) is 14.3 Å². The monoisotopic (exact) mass is 232 g/mol. The minimum atomic E-state index is -0.529. The first-order chi connectivity index (χ1) is 7.47. The molecule has 0 bridgehead atoms. The van der Waals surface area contributed by atoms with Crippen LogP contribution in [-0.4, -0.2) is 56.9 Å². The summed E-state index contributed by atoms with van der Waals surface area (Å²) in [5, 5.41) is 0. The number of methoxy groups -OCH3 is 1. The first kappa shape index (κ1) is 15.3. The Morgan fingerprint density at radius 1 is 1.38 bits per heavy atom. The molecule has 0 rings (SSSR count). The fourth-order valence-corrected chi connectivity index (χ4v) is 1.18. The van der Waals surface area contributed by atoms with Crippen LogP contribution in [0.2, 0.25) is 0 Å². The highest BCUT2D eigenvalue weighted by molar-refractivity contribution is 5.75. The van der Waals surface area contributed by atoms with Crippen molar-refractivity contribution < 1.29 is 14.3 Å². The summed E-state index contributed by atoms with van der Waals surface area (Å²) in [5.74, 6) is -0.355. The van der Waals surface area contributed by atoms with E-state index in [1.54, 1.807) is 0 Å². The molecule has 0 aromatic rings. The van der Waals surface area contributed by atoms with Crippen LogP contribution in [0.25, 0.3) is 0 Å². The molecule has 0 saturated carbocycles. The molecule has 0 aliphatic heterocycles. The van der Waals surface area contributed by atoms with E-state index < -0.39 is 6.04 Å². The molecule has 2 N–H and O–H groups in total. The summed E-state index contributed by atoms with van der Waals surface area (Å²) in [5.41, 5.74) is 5.62. The Morgan fingerprint density at radius 2 is 2.00 bits per heavy atom. The molecule has 1 atom stereocenters. The Bertz CT molecular complexity index is 198. The Kier molecular flexibility index (Phi) is 8.15. The maximum Gasteiger partial charge on any atom is 0.322 e.